The second-order valence-corrected chi connectivity index (χ2v) is 2.38. The van der Waals surface area contributed by atoms with E-state index in [1.807, 2.05) is 0 Å². The molecule has 0 unspecified atom stereocenters. The van der Waals surface area contributed by atoms with Crippen LogP contribution in [0.15, 0.2) is 5.18 Å². The van der Waals surface area contributed by atoms with Crippen LogP contribution in [0.1, 0.15) is 12.8 Å². The van der Waals surface area contributed by atoms with Gasteiger partial charge in [0.25, 0.3) is 5.09 Å². The van der Waals surface area contributed by atoms with Crippen LogP contribution < -0.4 is 0 Å². The zero-order chi connectivity index (χ0) is 11.0. The monoisotopic (exact) mass is 206 g/mol. The Bertz CT molecular complexity index is 218. The molecule has 14 heavy (non-hydrogen) atoms. The van der Waals surface area contributed by atoms with E-state index >= 15 is 0 Å². The maximum atomic E-state index is 10.6. The molecule has 80 valence electrons. The Balaban J connectivity index is 3.89. The minimum atomic E-state index is -1.02. The van der Waals surface area contributed by atoms with E-state index in [-0.39, 0.29) is 19.4 Å². The number of rotatable bonds is 7. The first-order valence-electron chi connectivity index (χ1n) is 3.77. The first-order valence-corrected chi connectivity index (χ1v) is 3.77. The first kappa shape index (κ1) is 12.3. The fourth-order valence-corrected chi connectivity index (χ4v) is 0.763. The van der Waals surface area contributed by atoms with Crippen molar-refractivity contribution in [3.05, 3.63) is 15.0 Å². The molecule has 0 rings (SSSR count). The van der Waals surface area contributed by atoms with Crippen LogP contribution >= 0.6 is 0 Å². The topological polar surface area (TPSA) is 108 Å². The van der Waals surface area contributed by atoms with Crippen molar-refractivity contribution in [3.8, 4) is 0 Å². The molecule has 0 aromatic rings. The highest BCUT2D eigenvalue weighted by molar-refractivity contribution is 5.69. The number of nitroso groups, excluding NO2 is 1. The van der Waals surface area contributed by atoms with E-state index in [4.69, 9.17) is 0 Å². The predicted octanol–water partition coefficient (Wildman–Crippen LogP) is 0.283. The largest absolute Gasteiger partial charge is 0.469 e. The lowest BCUT2D eigenvalue weighted by molar-refractivity contribution is -0.768. The average molecular weight is 206 g/mol. The van der Waals surface area contributed by atoms with Crippen LogP contribution in [0.5, 0.6) is 0 Å². The van der Waals surface area contributed by atoms with Crippen LogP contribution in [0.4, 0.5) is 0 Å². The second-order valence-electron chi connectivity index (χ2n) is 2.38. The molecule has 0 bridgehead atoms. The summed E-state index contributed by atoms with van der Waals surface area (Å²) < 4.78 is 4.31. The van der Waals surface area contributed by atoms with Crippen molar-refractivity contribution in [1.82, 2.24) is 0 Å². The van der Waals surface area contributed by atoms with Crippen LogP contribution in [0.25, 0.3) is 0 Å². The van der Waals surface area contributed by atoms with Gasteiger partial charge in [0.1, 0.15) is 12.6 Å². The highest BCUT2D eigenvalue weighted by Gasteiger charge is 2.15. The maximum Gasteiger partial charge on any atom is 0.305 e. The molecule has 0 heterocycles. The SMILES string of the molecule is COC(=O)CC[C@H](CN=O)O[N+](=O)[O-]. The van der Waals surface area contributed by atoms with Gasteiger partial charge in [0.05, 0.1) is 7.11 Å². The molecule has 0 fully saturated rings. The number of esters is 1. The third-order valence-electron chi connectivity index (χ3n) is 1.41. The number of carbonyl (C=O) groups is 1. The van der Waals surface area contributed by atoms with E-state index in [2.05, 4.69) is 14.8 Å². The number of ether oxygens (including phenoxy) is 1. The molecule has 0 amide bonds. The van der Waals surface area contributed by atoms with Crippen molar-refractivity contribution in [2.24, 2.45) is 5.18 Å². The summed E-state index contributed by atoms with van der Waals surface area (Å²) in [6.07, 6.45) is -1.01. The highest BCUT2D eigenvalue weighted by Crippen LogP contribution is 2.04. The van der Waals surface area contributed by atoms with Gasteiger partial charge in [-0.15, -0.1) is 10.1 Å². The Labute approximate surface area is 79.3 Å². The maximum absolute atomic E-state index is 10.6. The van der Waals surface area contributed by atoms with Gasteiger partial charge in [0.2, 0.25) is 0 Å². The molecule has 8 heteroatoms. The van der Waals surface area contributed by atoms with Gasteiger partial charge in [-0.05, 0) is 6.42 Å². The molecular formula is C6H10N2O6. The van der Waals surface area contributed by atoms with Gasteiger partial charge in [-0.25, -0.2) is 0 Å². The average Bonchev–Trinajstić information content (AvgIpc) is 2.13. The zero-order valence-corrected chi connectivity index (χ0v) is 7.54. The number of methoxy groups -OCH3 is 1. The van der Waals surface area contributed by atoms with Crippen molar-refractivity contribution >= 4 is 5.97 Å². The Morgan fingerprint density at radius 3 is 2.71 bits per heavy atom. The zero-order valence-electron chi connectivity index (χ0n) is 7.54. The molecule has 0 N–H and O–H groups in total. The summed E-state index contributed by atoms with van der Waals surface area (Å²) >= 11 is 0. The lowest BCUT2D eigenvalue weighted by atomic mass is 10.2. The first-order chi connectivity index (χ1) is 6.60. The normalized spacial score (nSPS) is 11.5. The molecule has 0 aliphatic carbocycles. The van der Waals surface area contributed by atoms with Gasteiger partial charge in [0, 0.05) is 6.42 Å². The van der Waals surface area contributed by atoms with Crippen LogP contribution in [0.2, 0.25) is 0 Å². The molecule has 0 aromatic carbocycles. The Kier molecular flexibility index (Phi) is 5.92. The number of carbonyl (C=O) groups excluding carboxylic acids is 1. The third kappa shape index (κ3) is 5.86. The van der Waals surface area contributed by atoms with E-state index in [1.165, 1.54) is 7.11 Å². The highest BCUT2D eigenvalue weighted by atomic mass is 17.0. The van der Waals surface area contributed by atoms with E-state index in [1.54, 1.807) is 0 Å². The van der Waals surface area contributed by atoms with Crippen molar-refractivity contribution in [1.29, 1.82) is 0 Å². The van der Waals surface area contributed by atoms with Crippen LogP contribution in [-0.4, -0.2) is 30.8 Å². The molecule has 0 aliphatic rings. The summed E-state index contributed by atoms with van der Waals surface area (Å²) in [4.78, 5) is 34.5. The summed E-state index contributed by atoms with van der Waals surface area (Å²) in [5.74, 6) is -0.521. The molecule has 0 saturated heterocycles. The minimum absolute atomic E-state index is 0.0272. The van der Waals surface area contributed by atoms with Crippen molar-refractivity contribution in [3.63, 3.8) is 0 Å². The van der Waals surface area contributed by atoms with Crippen molar-refractivity contribution < 1.29 is 19.5 Å². The molecule has 8 nitrogen and oxygen atoms in total. The fraction of sp³-hybridized carbons (Fsp3) is 0.833. The van der Waals surface area contributed by atoms with Gasteiger partial charge >= 0.3 is 5.97 Å². The molecule has 0 spiro atoms. The Hall–Kier alpha value is -1.73. The standard InChI is InChI=1S/C6H10N2O6/c1-13-6(9)3-2-5(4-7-10)14-8(11)12/h5H,2-4H2,1H3/t5-/m1/s1. The summed E-state index contributed by atoms with van der Waals surface area (Å²) in [6, 6.07) is 0. The van der Waals surface area contributed by atoms with Crippen LogP contribution in [-0.2, 0) is 14.4 Å². The van der Waals surface area contributed by atoms with Gasteiger partial charge < -0.3 is 9.57 Å². The molecule has 1 atom stereocenters. The predicted molar refractivity (Wildman–Crippen MR) is 43.8 cm³/mol. The smallest absolute Gasteiger partial charge is 0.305 e. The lowest BCUT2D eigenvalue weighted by Gasteiger charge is -2.09. The van der Waals surface area contributed by atoms with Gasteiger partial charge in [-0.1, -0.05) is 5.18 Å². The van der Waals surface area contributed by atoms with E-state index in [9.17, 15) is 19.8 Å². The summed E-state index contributed by atoms with van der Waals surface area (Å²) in [7, 11) is 1.20. The molecule has 0 aromatic heterocycles. The minimum Gasteiger partial charge on any atom is -0.469 e. The van der Waals surface area contributed by atoms with E-state index in [0.717, 1.165) is 0 Å². The number of hydrogen-bond donors (Lipinski definition) is 0. The number of hydrogen-bond acceptors (Lipinski definition) is 7. The molecule has 0 radical (unpaired) electrons. The van der Waals surface area contributed by atoms with Crippen molar-refractivity contribution in [2.45, 2.75) is 18.9 Å². The molecule has 0 saturated carbocycles. The molecule has 0 aliphatic heterocycles. The third-order valence-corrected chi connectivity index (χ3v) is 1.41. The Morgan fingerprint density at radius 2 is 2.29 bits per heavy atom. The second kappa shape index (κ2) is 6.75. The van der Waals surface area contributed by atoms with Crippen LogP contribution in [0.3, 0.4) is 0 Å². The van der Waals surface area contributed by atoms with E-state index < -0.39 is 17.2 Å². The molecular weight excluding hydrogens is 196 g/mol. The summed E-state index contributed by atoms with van der Waals surface area (Å²) in [6.45, 7) is -0.363. The number of nitrogens with zero attached hydrogens (tertiary/aromatic N) is 2. The van der Waals surface area contributed by atoms with Gasteiger partial charge in [-0.3, -0.25) is 4.79 Å². The quantitative estimate of drug-likeness (QED) is 0.256. The lowest BCUT2D eigenvalue weighted by Crippen LogP contribution is -2.21. The fourth-order valence-electron chi connectivity index (χ4n) is 0.763. The van der Waals surface area contributed by atoms with E-state index in [0.29, 0.717) is 0 Å². The van der Waals surface area contributed by atoms with Gasteiger partial charge in [-0.2, -0.15) is 4.91 Å². The van der Waals surface area contributed by atoms with Gasteiger partial charge in [0.15, 0.2) is 0 Å². The van der Waals surface area contributed by atoms with Crippen LogP contribution in [0, 0.1) is 15.0 Å². The summed E-state index contributed by atoms with van der Waals surface area (Å²) in [5.41, 5.74) is 0. The Morgan fingerprint density at radius 1 is 1.64 bits per heavy atom. The van der Waals surface area contributed by atoms with Crippen molar-refractivity contribution in [2.75, 3.05) is 13.7 Å². The summed E-state index contributed by atoms with van der Waals surface area (Å²) in [5, 5.41) is 11.4.